The van der Waals surface area contributed by atoms with Crippen LogP contribution in [0.5, 0.6) is 0 Å². The van der Waals surface area contributed by atoms with Crippen molar-refractivity contribution in [2.24, 2.45) is 0 Å². The number of rotatable bonds is 3. The van der Waals surface area contributed by atoms with E-state index in [9.17, 15) is 14.7 Å². The van der Waals surface area contributed by atoms with E-state index in [2.05, 4.69) is 10.3 Å². The highest BCUT2D eigenvalue weighted by Crippen LogP contribution is 2.20. The number of carbonyl (C=O) groups excluding carboxylic acids is 2. The molecule has 8 nitrogen and oxygen atoms in total. The zero-order valence-corrected chi connectivity index (χ0v) is 15.2. The number of pyridine rings is 1. The minimum absolute atomic E-state index is 0.153. The predicted octanol–water partition coefficient (Wildman–Crippen LogP) is 0.859. The predicted molar refractivity (Wildman–Crippen MR) is 93.7 cm³/mol. The fourth-order valence-electron chi connectivity index (χ4n) is 2.64. The average Bonchev–Trinajstić information content (AvgIpc) is 2.59. The maximum atomic E-state index is 12.3. The first kappa shape index (κ1) is 19.0. The lowest BCUT2D eigenvalue weighted by atomic mass is 10.1. The smallest absolute Gasteiger partial charge is 0.410 e. The standard InChI is InChI=1S/C17H26N4O4/c1-17(2,3)25-16(24)21-8-7-20(10-13(21)11-22)12-5-6-14(19-9-12)15(23)18-4/h5-6,9,13,22H,7-8,10-11H2,1-4H3,(H,18,23). The Morgan fingerprint density at radius 1 is 1.36 bits per heavy atom. The van der Waals surface area contributed by atoms with Gasteiger partial charge < -0.3 is 20.1 Å². The summed E-state index contributed by atoms with van der Waals surface area (Å²) < 4.78 is 5.41. The Hall–Kier alpha value is -2.35. The van der Waals surface area contributed by atoms with Gasteiger partial charge >= 0.3 is 6.09 Å². The molecule has 1 aliphatic rings. The summed E-state index contributed by atoms with van der Waals surface area (Å²) in [5.74, 6) is -0.241. The van der Waals surface area contributed by atoms with E-state index in [1.165, 1.54) is 0 Å². The van der Waals surface area contributed by atoms with Crippen LogP contribution in [-0.4, -0.2) is 71.9 Å². The topological polar surface area (TPSA) is 95.0 Å². The lowest BCUT2D eigenvalue weighted by molar-refractivity contribution is 0.00703. The summed E-state index contributed by atoms with van der Waals surface area (Å²) in [7, 11) is 1.56. The molecule has 2 rings (SSSR count). The van der Waals surface area contributed by atoms with Crippen LogP contribution in [-0.2, 0) is 4.74 Å². The Bertz CT molecular complexity index is 612. The maximum Gasteiger partial charge on any atom is 0.410 e. The summed E-state index contributed by atoms with van der Waals surface area (Å²) in [6, 6.07) is 3.11. The van der Waals surface area contributed by atoms with E-state index < -0.39 is 11.7 Å². The highest BCUT2D eigenvalue weighted by Gasteiger charge is 2.33. The molecular weight excluding hydrogens is 324 g/mol. The van der Waals surface area contributed by atoms with Crippen LogP contribution in [0.15, 0.2) is 18.3 Å². The second-order valence-electron chi connectivity index (χ2n) is 6.94. The first-order valence-electron chi connectivity index (χ1n) is 8.28. The molecule has 0 aliphatic carbocycles. The van der Waals surface area contributed by atoms with Crippen molar-refractivity contribution in [2.45, 2.75) is 32.4 Å². The first-order chi connectivity index (χ1) is 11.7. The van der Waals surface area contributed by atoms with Crippen LogP contribution < -0.4 is 10.2 Å². The van der Waals surface area contributed by atoms with Crippen LogP contribution in [0.3, 0.4) is 0 Å². The Morgan fingerprint density at radius 2 is 2.08 bits per heavy atom. The lowest BCUT2D eigenvalue weighted by Crippen LogP contribution is -2.57. The molecule has 1 aromatic rings. The van der Waals surface area contributed by atoms with Crippen molar-refractivity contribution >= 4 is 17.7 Å². The van der Waals surface area contributed by atoms with Gasteiger partial charge in [0.1, 0.15) is 11.3 Å². The van der Waals surface area contributed by atoms with Crippen molar-refractivity contribution in [3.05, 3.63) is 24.0 Å². The van der Waals surface area contributed by atoms with Crippen LogP contribution in [0.1, 0.15) is 31.3 Å². The molecule has 0 aromatic carbocycles. The molecule has 2 amide bonds. The number of hydrogen-bond acceptors (Lipinski definition) is 6. The Labute approximate surface area is 147 Å². The molecule has 1 atom stereocenters. The van der Waals surface area contributed by atoms with Crippen molar-refractivity contribution in [2.75, 3.05) is 38.2 Å². The molecule has 138 valence electrons. The SMILES string of the molecule is CNC(=O)c1ccc(N2CCN(C(=O)OC(C)(C)C)C(CO)C2)cn1. The Morgan fingerprint density at radius 3 is 2.60 bits per heavy atom. The van der Waals surface area contributed by atoms with Gasteiger partial charge in [-0.05, 0) is 32.9 Å². The van der Waals surface area contributed by atoms with E-state index in [-0.39, 0.29) is 18.6 Å². The lowest BCUT2D eigenvalue weighted by Gasteiger charge is -2.41. The van der Waals surface area contributed by atoms with E-state index in [0.29, 0.717) is 25.3 Å². The minimum Gasteiger partial charge on any atom is -0.444 e. The van der Waals surface area contributed by atoms with E-state index in [1.54, 1.807) is 24.2 Å². The van der Waals surface area contributed by atoms with Crippen molar-refractivity contribution in [1.82, 2.24) is 15.2 Å². The summed E-state index contributed by atoms with van der Waals surface area (Å²) in [5.41, 5.74) is 0.612. The minimum atomic E-state index is -0.576. The van der Waals surface area contributed by atoms with Crippen molar-refractivity contribution in [3.8, 4) is 0 Å². The van der Waals surface area contributed by atoms with E-state index in [1.807, 2.05) is 31.7 Å². The van der Waals surface area contributed by atoms with Gasteiger partial charge in [-0.25, -0.2) is 9.78 Å². The van der Waals surface area contributed by atoms with Crippen LogP contribution in [0.4, 0.5) is 10.5 Å². The van der Waals surface area contributed by atoms with Gasteiger partial charge in [-0.2, -0.15) is 0 Å². The van der Waals surface area contributed by atoms with E-state index in [4.69, 9.17) is 4.74 Å². The molecule has 1 fully saturated rings. The van der Waals surface area contributed by atoms with Gasteiger partial charge in [-0.3, -0.25) is 9.69 Å². The molecule has 1 saturated heterocycles. The molecule has 0 spiro atoms. The molecular formula is C17H26N4O4. The molecule has 2 heterocycles. The number of aliphatic hydroxyl groups is 1. The highest BCUT2D eigenvalue weighted by molar-refractivity contribution is 5.92. The molecule has 2 N–H and O–H groups in total. The zero-order chi connectivity index (χ0) is 18.6. The zero-order valence-electron chi connectivity index (χ0n) is 15.2. The summed E-state index contributed by atoms with van der Waals surface area (Å²) >= 11 is 0. The fraction of sp³-hybridized carbons (Fsp3) is 0.588. The monoisotopic (exact) mass is 350 g/mol. The van der Waals surface area contributed by atoms with Crippen LogP contribution >= 0.6 is 0 Å². The third kappa shape index (κ3) is 4.82. The van der Waals surface area contributed by atoms with Gasteiger partial charge in [-0.1, -0.05) is 0 Å². The second kappa shape index (κ2) is 7.69. The maximum absolute atomic E-state index is 12.3. The highest BCUT2D eigenvalue weighted by atomic mass is 16.6. The second-order valence-corrected chi connectivity index (χ2v) is 6.94. The number of ether oxygens (including phenoxy) is 1. The Balaban J connectivity index is 2.05. The molecule has 0 radical (unpaired) electrons. The number of piperazine rings is 1. The normalized spacial score (nSPS) is 18.0. The summed E-state index contributed by atoms with van der Waals surface area (Å²) in [4.78, 5) is 31.6. The largest absolute Gasteiger partial charge is 0.444 e. The van der Waals surface area contributed by atoms with E-state index >= 15 is 0 Å². The third-order valence-electron chi connectivity index (χ3n) is 3.89. The van der Waals surface area contributed by atoms with Crippen LogP contribution in [0.2, 0.25) is 0 Å². The average molecular weight is 350 g/mol. The summed E-state index contributed by atoms with van der Waals surface area (Å²) in [6.07, 6.45) is 1.21. The van der Waals surface area contributed by atoms with Gasteiger partial charge in [-0.15, -0.1) is 0 Å². The number of carbonyl (C=O) groups is 2. The van der Waals surface area contributed by atoms with Crippen molar-refractivity contribution in [1.29, 1.82) is 0 Å². The van der Waals surface area contributed by atoms with Gasteiger partial charge in [0, 0.05) is 26.7 Å². The van der Waals surface area contributed by atoms with Gasteiger partial charge in [0.2, 0.25) is 0 Å². The summed E-state index contributed by atoms with van der Waals surface area (Å²) in [6.45, 7) is 6.79. The third-order valence-corrected chi connectivity index (χ3v) is 3.89. The summed E-state index contributed by atoms with van der Waals surface area (Å²) in [5, 5.41) is 12.2. The molecule has 25 heavy (non-hydrogen) atoms. The molecule has 0 bridgehead atoms. The van der Waals surface area contributed by atoms with Crippen LogP contribution in [0, 0.1) is 0 Å². The number of hydrogen-bond donors (Lipinski definition) is 2. The first-order valence-corrected chi connectivity index (χ1v) is 8.28. The Kier molecular flexibility index (Phi) is 5.84. The number of aliphatic hydroxyl groups excluding tert-OH is 1. The van der Waals surface area contributed by atoms with Crippen molar-refractivity contribution in [3.63, 3.8) is 0 Å². The number of amides is 2. The van der Waals surface area contributed by atoms with Crippen LogP contribution in [0.25, 0.3) is 0 Å². The molecule has 1 aliphatic heterocycles. The molecule has 1 unspecified atom stereocenters. The molecule has 0 saturated carbocycles. The van der Waals surface area contributed by atoms with Gasteiger partial charge in [0.25, 0.3) is 5.91 Å². The quantitative estimate of drug-likeness (QED) is 0.840. The fourth-order valence-corrected chi connectivity index (χ4v) is 2.64. The van der Waals surface area contributed by atoms with Gasteiger partial charge in [0.05, 0.1) is 24.5 Å². The van der Waals surface area contributed by atoms with E-state index in [0.717, 1.165) is 5.69 Å². The number of nitrogens with zero attached hydrogens (tertiary/aromatic N) is 3. The molecule has 8 heteroatoms. The number of nitrogens with one attached hydrogen (secondary N) is 1. The molecule has 1 aromatic heterocycles. The van der Waals surface area contributed by atoms with Crippen molar-refractivity contribution < 1.29 is 19.4 Å². The number of anilines is 1. The van der Waals surface area contributed by atoms with Gasteiger partial charge in [0.15, 0.2) is 0 Å². The number of aromatic nitrogens is 1.